The Morgan fingerprint density at radius 3 is 2.64 bits per heavy atom. The van der Waals surface area contributed by atoms with Crippen LogP contribution in [0.15, 0.2) is 30.3 Å². The molecule has 1 amide bonds. The first-order valence-electron chi connectivity index (χ1n) is 7.46. The summed E-state index contributed by atoms with van der Waals surface area (Å²) >= 11 is 0. The van der Waals surface area contributed by atoms with Crippen molar-refractivity contribution in [3.8, 4) is 0 Å². The van der Waals surface area contributed by atoms with Crippen LogP contribution in [-0.4, -0.2) is 50.1 Å². The van der Waals surface area contributed by atoms with Gasteiger partial charge in [0.15, 0.2) is 0 Å². The Labute approximate surface area is 131 Å². The van der Waals surface area contributed by atoms with Crippen LogP contribution in [0.5, 0.6) is 0 Å². The first-order valence-corrected chi connectivity index (χ1v) is 7.46. The number of carbonyl (C=O) groups is 2. The summed E-state index contributed by atoms with van der Waals surface area (Å²) in [5, 5.41) is 3.26. The van der Waals surface area contributed by atoms with E-state index in [0.717, 1.165) is 6.54 Å². The maximum absolute atomic E-state index is 12.1. The number of carbonyl (C=O) groups excluding carboxylic acids is 2. The average Bonchev–Trinajstić information content (AvgIpc) is 2.56. The van der Waals surface area contributed by atoms with Crippen LogP contribution in [-0.2, 0) is 20.9 Å². The second kappa shape index (κ2) is 10.8. The number of esters is 1. The normalized spacial score (nSPS) is 10.3. The predicted molar refractivity (Wildman–Crippen MR) is 85.0 cm³/mol. The van der Waals surface area contributed by atoms with Gasteiger partial charge in [-0.05, 0) is 18.5 Å². The molecule has 0 bridgehead atoms. The molecule has 0 radical (unpaired) electrons. The number of benzene rings is 1. The topological polar surface area (TPSA) is 84.7 Å². The number of nitrogens with one attached hydrogen (secondary N) is 1. The Bertz CT molecular complexity index is 451. The van der Waals surface area contributed by atoms with Crippen LogP contribution >= 0.6 is 0 Å². The standard InChI is InChI=1S/C16H25N3O3/c1-22-16(21)13-19(15(20)8-5-9-17)11-10-18-12-14-6-3-2-4-7-14/h2-4,6-7,18H,5,8-13,17H2,1H3. The van der Waals surface area contributed by atoms with E-state index in [9.17, 15) is 9.59 Å². The van der Waals surface area contributed by atoms with Crippen molar-refractivity contribution in [2.45, 2.75) is 19.4 Å². The van der Waals surface area contributed by atoms with Crippen LogP contribution in [0.4, 0.5) is 0 Å². The Morgan fingerprint density at radius 2 is 2.00 bits per heavy atom. The molecule has 22 heavy (non-hydrogen) atoms. The first kappa shape index (κ1) is 18.1. The zero-order chi connectivity index (χ0) is 16.2. The first-order chi connectivity index (χ1) is 10.7. The summed E-state index contributed by atoms with van der Waals surface area (Å²) in [6.07, 6.45) is 0.972. The summed E-state index contributed by atoms with van der Waals surface area (Å²) in [5.41, 5.74) is 6.59. The molecule has 0 spiro atoms. The van der Waals surface area contributed by atoms with Crippen LogP contribution in [0.2, 0.25) is 0 Å². The largest absolute Gasteiger partial charge is 0.468 e. The van der Waals surface area contributed by atoms with Crippen molar-refractivity contribution in [1.82, 2.24) is 10.2 Å². The van der Waals surface area contributed by atoms with Gasteiger partial charge >= 0.3 is 5.97 Å². The lowest BCUT2D eigenvalue weighted by molar-refractivity contribution is -0.147. The molecule has 6 heteroatoms. The molecule has 0 aliphatic heterocycles. The van der Waals surface area contributed by atoms with Gasteiger partial charge in [-0.3, -0.25) is 9.59 Å². The van der Waals surface area contributed by atoms with E-state index in [1.165, 1.54) is 17.6 Å². The van der Waals surface area contributed by atoms with Crippen LogP contribution in [0.1, 0.15) is 18.4 Å². The molecule has 6 nitrogen and oxygen atoms in total. The molecule has 0 atom stereocenters. The van der Waals surface area contributed by atoms with Gasteiger partial charge in [0, 0.05) is 26.1 Å². The van der Waals surface area contributed by atoms with E-state index in [2.05, 4.69) is 10.1 Å². The highest BCUT2D eigenvalue weighted by molar-refractivity contribution is 5.82. The molecule has 0 unspecified atom stereocenters. The molecular weight excluding hydrogens is 282 g/mol. The van der Waals surface area contributed by atoms with E-state index in [1.807, 2.05) is 30.3 Å². The van der Waals surface area contributed by atoms with Crippen molar-refractivity contribution < 1.29 is 14.3 Å². The Morgan fingerprint density at radius 1 is 1.27 bits per heavy atom. The molecule has 0 aromatic heterocycles. The molecule has 3 N–H and O–H groups in total. The number of nitrogens with two attached hydrogens (primary N) is 1. The maximum Gasteiger partial charge on any atom is 0.325 e. The fourth-order valence-corrected chi connectivity index (χ4v) is 1.97. The lowest BCUT2D eigenvalue weighted by Gasteiger charge is -2.21. The minimum atomic E-state index is -0.413. The Balaban J connectivity index is 2.39. The minimum Gasteiger partial charge on any atom is -0.468 e. The molecule has 1 rings (SSSR count). The minimum absolute atomic E-state index is 0.0209. The molecule has 122 valence electrons. The second-order valence-electron chi connectivity index (χ2n) is 4.95. The molecule has 0 aliphatic rings. The third-order valence-corrected chi connectivity index (χ3v) is 3.23. The van der Waals surface area contributed by atoms with Crippen LogP contribution in [0, 0.1) is 0 Å². The van der Waals surface area contributed by atoms with Crippen LogP contribution < -0.4 is 11.1 Å². The Hall–Kier alpha value is -1.92. The molecular formula is C16H25N3O3. The van der Waals surface area contributed by atoms with Gasteiger partial charge in [0.05, 0.1) is 7.11 Å². The number of methoxy groups -OCH3 is 1. The van der Waals surface area contributed by atoms with Crippen LogP contribution in [0.3, 0.4) is 0 Å². The summed E-state index contributed by atoms with van der Waals surface area (Å²) < 4.78 is 4.63. The number of ether oxygens (including phenoxy) is 1. The highest BCUT2D eigenvalue weighted by Gasteiger charge is 2.16. The zero-order valence-corrected chi connectivity index (χ0v) is 13.1. The van der Waals surface area contributed by atoms with Gasteiger partial charge < -0.3 is 20.7 Å². The molecule has 1 aromatic carbocycles. The van der Waals surface area contributed by atoms with E-state index in [1.54, 1.807) is 0 Å². The summed E-state index contributed by atoms with van der Waals surface area (Å²) in [6, 6.07) is 10.0. The van der Waals surface area contributed by atoms with Gasteiger partial charge in [0.2, 0.25) is 5.91 Å². The summed E-state index contributed by atoms with van der Waals surface area (Å²) in [6.45, 7) is 2.24. The third-order valence-electron chi connectivity index (χ3n) is 3.23. The quantitative estimate of drug-likeness (QED) is 0.486. The number of amides is 1. The number of nitrogens with zero attached hydrogens (tertiary/aromatic N) is 1. The van der Waals surface area contributed by atoms with E-state index in [0.29, 0.717) is 32.5 Å². The zero-order valence-electron chi connectivity index (χ0n) is 13.1. The SMILES string of the molecule is COC(=O)CN(CCNCc1ccccc1)C(=O)CCCN. The molecule has 0 saturated heterocycles. The summed E-state index contributed by atoms with van der Waals surface area (Å²) in [4.78, 5) is 25.0. The maximum atomic E-state index is 12.1. The average molecular weight is 307 g/mol. The lowest BCUT2D eigenvalue weighted by Crippen LogP contribution is -2.40. The fourth-order valence-electron chi connectivity index (χ4n) is 1.97. The van der Waals surface area contributed by atoms with Gasteiger partial charge in [-0.25, -0.2) is 0 Å². The number of hydrogen-bond acceptors (Lipinski definition) is 5. The smallest absolute Gasteiger partial charge is 0.325 e. The van der Waals surface area contributed by atoms with Crippen molar-refractivity contribution >= 4 is 11.9 Å². The van der Waals surface area contributed by atoms with E-state index in [4.69, 9.17) is 5.73 Å². The summed E-state index contributed by atoms with van der Waals surface area (Å²) in [5.74, 6) is -0.485. The molecule has 0 heterocycles. The number of hydrogen-bond donors (Lipinski definition) is 2. The third kappa shape index (κ3) is 7.19. The predicted octanol–water partition coefficient (Wildman–Crippen LogP) is 0.517. The van der Waals surface area contributed by atoms with Gasteiger partial charge in [-0.15, -0.1) is 0 Å². The van der Waals surface area contributed by atoms with Crippen molar-refractivity contribution in [3.63, 3.8) is 0 Å². The van der Waals surface area contributed by atoms with Crippen molar-refractivity contribution in [1.29, 1.82) is 0 Å². The monoisotopic (exact) mass is 307 g/mol. The van der Waals surface area contributed by atoms with E-state index >= 15 is 0 Å². The Kier molecular flexibility index (Phi) is 8.86. The van der Waals surface area contributed by atoms with Crippen molar-refractivity contribution in [2.24, 2.45) is 5.73 Å². The highest BCUT2D eigenvalue weighted by atomic mass is 16.5. The second-order valence-corrected chi connectivity index (χ2v) is 4.95. The number of rotatable bonds is 10. The molecule has 0 aliphatic carbocycles. The van der Waals surface area contributed by atoms with Crippen molar-refractivity contribution in [2.75, 3.05) is 33.3 Å². The van der Waals surface area contributed by atoms with Gasteiger partial charge in [0.25, 0.3) is 0 Å². The van der Waals surface area contributed by atoms with E-state index in [-0.39, 0.29) is 12.5 Å². The molecule has 1 aromatic rings. The van der Waals surface area contributed by atoms with Gasteiger partial charge in [-0.2, -0.15) is 0 Å². The van der Waals surface area contributed by atoms with Gasteiger partial charge in [-0.1, -0.05) is 30.3 Å². The molecule has 0 fully saturated rings. The summed E-state index contributed by atoms with van der Waals surface area (Å²) in [7, 11) is 1.32. The lowest BCUT2D eigenvalue weighted by atomic mass is 10.2. The van der Waals surface area contributed by atoms with E-state index < -0.39 is 5.97 Å². The molecule has 0 saturated carbocycles. The van der Waals surface area contributed by atoms with Gasteiger partial charge in [0.1, 0.15) is 6.54 Å². The fraction of sp³-hybridized carbons (Fsp3) is 0.500. The van der Waals surface area contributed by atoms with Crippen LogP contribution in [0.25, 0.3) is 0 Å². The van der Waals surface area contributed by atoms with Crippen molar-refractivity contribution in [3.05, 3.63) is 35.9 Å². The highest BCUT2D eigenvalue weighted by Crippen LogP contribution is 1.99.